The zero-order valence-electron chi connectivity index (χ0n) is 19.3. The van der Waals surface area contributed by atoms with E-state index in [0.717, 1.165) is 22.4 Å². The lowest BCUT2D eigenvalue weighted by Crippen LogP contribution is -2.34. The lowest BCUT2D eigenvalue weighted by atomic mass is 10.1. The second-order valence-corrected chi connectivity index (χ2v) is 8.29. The number of likely N-dealkylation sites (N-methyl/N-ethyl adjacent to an activating group) is 1. The normalized spacial score (nSPS) is 12.2. The third-order valence-electron chi connectivity index (χ3n) is 5.93. The number of rotatable bonds is 5. The number of carbonyl (C=O) groups excluding carboxylic acids is 1. The van der Waals surface area contributed by atoms with E-state index in [9.17, 15) is 9.59 Å². The van der Waals surface area contributed by atoms with Gasteiger partial charge in [0.2, 0.25) is 5.91 Å². The van der Waals surface area contributed by atoms with Crippen LogP contribution in [-0.4, -0.2) is 27.4 Å². The molecule has 5 nitrogen and oxygen atoms in total. The highest BCUT2D eigenvalue weighted by Crippen LogP contribution is 2.24. The molecular weight excluding hydrogens is 410 g/mol. The first-order chi connectivity index (χ1) is 15.9. The second-order valence-electron chi connectivity index (χ2n) is 8.29. The van der Waals surface area contributed by atoms with E-state index in [1.54, 1.807) is 34.7 Å². The largest absolute Gasteiger partial charge is 0.332 e. The van der Waals surface area contributed by atoms with Crippen LogP contribution < -0.4 is 5.56 Å². The molecule has 4 rings (SSSR count). The van der Waals surface area contributed by atoms with Crippen LogP contribution in [0.2, 0.25) is 0 Å². The zero-order valence-corrected chi connectivity index (χ0v) is 19.3. The fraction of sp³-hybridized carbons (Fsp3) is 0.179. The Morgan fingerprint density at radius 2 is 1.70 bits per heavy atom. The summed E-state index contributed by atoms with van der Waals surface area (Å²) in [7, 11) is 1.73. The smallest absolute Gasteiger partial charge is 0.266 e. The van der Waals surface area contributed by atoms with Crippen LogP contribution in [0.3, 0.4) is 0 Å². The average Bonchev–Trinajstić information content (AvgIpc) is 2.84. The van der Waals surface area contributed by atoms with E-state index in [2.05, 4.69) is 0 Å². The molecule has 166 valence electrons. The van der Waals surface area contributed by atoms with Crippen molar-refractivity contribution in [1.29, 1.82) is 0 Å². The molecule has 0 aliphatic rings. The number of aromatic nitrogens is 2. The maximum Gasteiger partial charge on any atom is 0.266 e. The first-order valence-corrected chi connectivity index (χ1v) is 11.0. The molecule has 1 aromatic heterocycles. The van der Waals surface area contributed by atoms with Crippen LogP contribution in [-0.2, 0) is 4.79 Å². The molecule has 0 saturated heterocycles. The molecule has 0 aliphatic heterocycles. The van der Waals surface area contributed by atoms with Gasteiger partial charge in [-0.15, -0.1) is 0 Å². The summed E-state index contributed by atoms with van der Waals surface area (Å²) in [6.45, 7) is 5.87. The molecule has 0 aliphatic carbocycles. The summed E-state index contributed by atoms with van der Waals surface area (Å²) in [5.74, 6) is 0.359. The quantitative estimate of drug-likeness (QED) is 0.402. The Kier molecular flexibility index (Phi) is 6.22. The number of amides is 1. The summed E-state index contributed by atoms with van der Waals surface area (Å²) in [6, 6.07) is 22.6. The predicted molar refractivity (Wildman–Crippen MR) is 133 cm³/mol. The molecule has 1 unspecified atom stereocenters. The molecule has 0 bridgehead atoms. The molecule has 5 heteroatoms. The predicted octanol–water partition coefficient (Wildman–Crippen LogP) is 5.24. The highest BCUT2D eigenvalue weighted by Gasteiger charge is 2.24. The Hall–Kier alpha value is -3.99. The van der Waals surface area contributed by atoms with Crippen molar-refractivity contribution in [3.05, 3.63) is 112 Å². The van der Waals surface area contributed by atoms with Crippen LogP contribution >= 0.6 is 0 Å². The summed E-state index contributed by atoms with van der Waals surface area (Å²) in [4.78, 5) is 33.1. The standard InChI is InChI=1S/C28H27N3O2/c1-19-14-15-20(2)25(18-19)31-27(29-24-13-9-8-12-23(24)28(31)33)21(3)30(4)26(32)17-16-22-10-6-5-7-11-22/h5-18,21H,1-4H3/b17-16+. The number of hydrogen-bond donors (Lipinski definition) is 0. The van der Waals surface area contributed by atoms with E-state index in [0.29, 0.717) is 16.7 Å². The van der Waals surface area contributed by atoms with Crippen molar-refractivity contribution in [2.75, 3.05) is 7.05 Å². The van der Waals surface area contributed by atoms with Crippen molar-refractivity contribution in [3.63, 3.8) is 0 Å². The van der Waals surface area contributed by atoms with Gasteiger partial charge in [-0.25, -0.2) is 4.98 Å². The molecule has 0 spiro atoms. The van der Waals surface area contributed by atoms with Crippen LogP contribution in [0.15, 0.2) is 83.7 Å². The fourth-order valence-corrected chi connectivity index (χ4v) is 3.84. The average molecular weight is 438 g/mol. The fourth-order valence-electron chi connectivity index (χ4n) is 3.84. The topological polar surface area (TPSA) is 55.2 Å². The molecule has 1 atom stereocenters. The van der Waals surface area contributed by atoms with Gasteiger partial charge in [-0.2, -0.15) is 0 Å². The zero-order chi connectivity index (χ0) is 23.5. The summed E-state index contributed by atoms with van der Waals surface area (Å²) in [6.07, 6.45) is 3.34. The summed E-state index contributed by atoms with van der Waals surface area (Å²) in [5.41, 5.74) is 4.21. The van der Waals surface area contributed by atoms with Gasteiger partial charge in [-0.05, 0) is 61.7 Å². The van der Waals surface area contributed by atoms with Crippen LogP contribution in [0.4, 0.5) is 0 Å². The van der Waals surface area contributed by atoms with Crippen molar-refractivity contribution in [3.8, 4) is 5.69 Å². The lowest BCUT2D eigenvalue weighted by molar-refractivity contribution is -0.126. The maximum absolute atomic E-state index is 13.6. The van der Waals surface area contributed by atoms with Gasteiger partial charge in [0.1, 0.15) is 5.82 Å². The highest BCUT2D eigenvalue weighted by molar-refractivity contribution is 5.91. The first kappa shape index (κ1) is 22.2. The van der Waals surface area contributed by atoms with Crippen molar-refractivity contribution >= 4 is 22.9 Å². The van der Waals surface area contributed by atoms with E-state index in [1.807, 2.05) is 87.5 Å². The first-order valence-electron chi connectivity index (χ1n) is 11.0. The Balaban J connectivity index is 1.82. The van der Waals surface area contributed by atoms with Gasteiger partial charge in [0.25, 0.3) is 5.56 Å². The Bertz CT molecular complexity index is 1400. The monoisotopic (exact) mass is 437 g/mol. The third kappa shape index (κ3) is 4.48. The highest BCUT2D eigenvalue weighted by atomic mass is 16.2. The van der Waals surface area contributed by atoms with Crippen molar-refractivity contribution in [2.24, 2.45) is 0 Å². The number of nitrogens with zero attached hydrogens (tertiary/aromatic N) is 3. The molecule has 0 fully saturated rings. The minimum Gasteiger partial charge on any atom is -0.332 e. The van der Waals surface area contributed by atoms with Gasteiger partial charge in [-0.1, -0.05) is 54.6 Å². The molecule has 1 heterocycles. The minimum absolute atomic E-state index is 0.142. The van der Waals surface area contributed by atoms with Gasteiger partial charge in [0.15, 0.2) is 0 Å². The van der Waals surface area contributed by atoms with E-state index in [1.165, 1.54) is 0 Å². The van der Waals surface area contributed by atoms with Gasteiger partial charge >= 0.3 is 0 Å². The van der Waals surface area contributed by atoms with E-state index >= 15 is 0 Å². The number of fused-ring (bicyclic) bond motifs is 1. The summed E-state index contributed by atoms with van der Waals surface area (Å²) in [5, 5.41) is 0.548. The van der Waals surface area contributed by atoms with Crippen molar-refractivity contribution in [1.82, 2.24) is 14.5 Å². The Morgan fingerprint density at radius 3 is 2.45 bits per heavy atom. The molecule has 3 aromatic carbocycles. The maximum atomic E-state index is 13.6. The lowest BCUT2D eigenvalue weighted by Gasteiger charge is -2.26. The minimum atomic E-state index is -0.435. The number of aryl methyl sites for hydroxylation is 2. The van der Waals surface area contributed by atoms with Crippen molar-refractivity contribution < 1.29 is 4.79 Å². The molecule has 1 amide bonds. The van der Waals surface area contributed by atoms with E-state index in [4.69, 9.17) is 4.98 Å². The molecule has 0 saturated carbocycles. The Labute approximate surface area is 193 Å². The van der Waals surface area contributed by atoms with E-state index < -0.39 is 6.04 Å². The third-order valence-corrected chi connectivity index (χ3v) is 5.93. The molecular formula is C28H27N3O2. The van der Waals surface area contributed by atoms with Crippen molar-refractivity contribution in [2.45, 2.75) is 26.8 Å². The van der Waals surface area contributed by atoms with E-state index in [-0.39, 0.29) is 11.5 Å². The second kappa shape index (κ2) is 9.25. The number of carbonyl (C=O) groups is 1. The van der Waals surface area contributed by atoms with Crippen LogP contribution in [0.5, 0.6) is 0 Å². The van der Waals surface area contributed by atoms with Crippen LogP contribution in [0, 0.1) is 13.8 Å². The Morgan fingerprint density at radius 1 is 1.00 bits per heavy atom. The molecule has 4 aromatic rings. The van der Waals surface area contributed by atoms with Gasteiger partial charge in [0.05, 0.1) is 22.6 Å². The molecule has 0 N–H and O–H groups in total. The van der Waals surface area contributed by atoms with Gasteiger partial charge < -0.3 is 4.90 Å². The molecule has 0 radical (unpaired) electrons. The van der Waals surface area contributed by atoms with Crippen LogP contribution in [0.25, 0.3) is 22.7 Å². The number of para-hydroxylation sites is 1. The number of benzene rings is 3. The summed E-state index contributed by atoms with van der Waals surface area (Å²) >= 11 is 0. The SMILES string of the molecule is Cc1ccc(C)c(-n2c(C(C)N(C)C(=O)/C=C/c3ccccc3)nc3ccccc3c2=O)c1. The van der Waals surface area contributed by atoms with Gasteiger partial charge in [-0.3, -0.25) is 14.2 Å². The molecule has 33 heavy (non-hydrogen) atoms. The summed E-state index contributed by atoms with van der Waals surface area (Å²) < 4.78 is 1.65. The van der Waals surface area contributed by atoms with Gasteiger partial charge in [0, 0.05) is 13.1 Å². The number of hydrogen-bond acceptors (Lipinski definition) is 3. The van der Waals surface area contributed by atoms with Crippen LogP contribution in [0.1, 0.15) is 35.5 Å².